The monoisotopic (exact) mass is 247 g/mol. The van der Waals surface area contributed by atoms with Gasteiger partial charge >= 0.3 is 0 Å². The number of hydrogen-bond acceptors (Lipinski definition) is 3. The van der Waals surface area contributed by atoms with Gasteiger partial charge in [0.05, 0.1) is 5.69 Å². The minimum absolute atomic E-state index is 0.0923. The van der Waals surface area contributed by atoms with Crippen molar-refractivity contribution in [3.8, 4) is 0 Å². The Morgan fingerprint density at radius 1 is 1.33 bits per heavy atom. The van der Waals surface area contributed by atoms with Gasteiger partial charge in [-0.2, -0.15) is 0 Å². The summed E-state index contributed by atoms with van der Waals surface area (Å²) in [5.41, 5.74) is 1.95. The zero-order valence-electron chi connectivity index (χ0n) is 11.0. The van der Waals surface area contributed by atoms with Gasteiger partial charge in [0.15, 0.2) is 0 Å². The van der Waals surface area contributed by atoms with Crippen LogP contribution in [0, 0.1) is 5.92 Å². The Labute approximate surface area is 107 Å². The van der Waals surface area contributed by atoms with Gasteiger partial charge in [-0.05, 0) is 31.7 Å². The van der Waals surface area contributed by atoms with Gasteiger partial charge in [0.2, 0.25) is 0 Å². The van der Waals surface area contributed by atoms with Crippen LogP contribution in [0.2, 0.25) is 0 Å². The highest BCUT2D eigenvalue weighted by atomic mass is 16.1. The quantitative estimate of drug-likeness (QED) is 0.794. The van der Waals surface area contributed by atoms with Crippen LogP contribution >= 0.6 is 0 Å². The smallest absolute Gasteiger partial charge is 0.254 e. The van der Waals surface area contributed by atoms with E-state index < -0.39 is 0 Å². The number of fused-ring (bicyclic) bond motifs is 1. The third kappa shape index (κ3) is 2.21. The Morgan fingerprint density at radius 2 is 2.22 bits per heavy atom. The first-order valence-corrected chi connectivity index (χ1v) is 7.06. The second-order valence-electron chi connectivity index (χ2n) is 5.77. The zero-order chi connectivity index (χ0) is 12.5. The molecule has 0 radical (unpaired) electrons. The second kappa shape index (κ2) is 4.84. The number of hydrogen-bond donors (Lipinski definition) is 2. The second-order valence-corrected chi connectivity index (χ2v) is 5.77. The van der Waals surface area contributed by atoms with Gasteiger partial charge in [0, 0.05) is 18.0 Å². The van der Waals surface area contributed by atoms with Gasteiger partial charge in [-0.3, -0.25) is 4.79 Å². The van der Waals surface area contributed by atoms with Crippen molar-refractivity contribution < 1.29 is 0 Å². The average Bonchev–Trinajstić information content (AvgIpc) is 2.39. The molecule has 18 heavy (non-hydrogen) atoms. The summed E-state index contributed by atoms with van der Waals surface area (Å²) in [6.45, 7) is 3.93. The largest absolute Gasteiger partial charge is 0.311 e. The Bertz CT molecular complexity index is 494. The van der Waals surface area contributed by atoms with E-state index in [0.717, 1.165) is 48.9 Å². The van der Waals surface area contributed by atoms with Crippen molar-refractivity contribution in [2.45, 2.75) is 51.5 Å². The molecule has 0 amide bonds. The van der Waals surface area contributed by atoms with Crippen LogP contribution in [0.3, 0.4) is 0 Å². The Kier molecular flexibility index (Phi) is 3.20. The lowest BCUT2D eigenvalue weighted by Gasteiger charge is -2.27. The summed E-state index contributed by atoms with van der Waals surface area (Å²) in [6.07, 6.45) is 5.70. The van der Waals surface area contributed by atoms with Crippen molar-refractivity contribution in [3.05, 3.63) is 27.4 Å². The highest BCUT2D eigenvalue weighted by Gasteiger charge is 2.24. The molecule has 1 aliphatic carbocycles. The molecule has 1 aromatic heterocycles. The summed E-state index contributed by atoms with van der Waals surface area (Å²) in [4.78, 5) is 19.8. The molecule has 1 saturated carbocycles. The summed E-state index contributed by atoms with van der Waals surface area (Å²) < 4.78 is 0. The van der Waals surface area contributed by atoms with Crippen molar-refractivity contribution >= 4 is 0 Å². The van der Waals surface area contributed by atoms with Crippen molar-refractivity contribution in [2.75, 3.05) is 6.54 Å². The van der Waals surface area contributed by atoms with Gasteiger partial charge in [-0.1, -0.05) is 19.8 Å². The molecule has 2 aliphatic rings. The standard InChI is InChI=1S/C14H21N3O/c1-9-3-2-4-10(7-9)13-16-12-8-15-6-5-11(12)14(18)17-13/h9-10,15H,2-8H2,1H3,(H,16,17,18). The first-order chi connectivity index (χ1) is 8.74. The van der Waals surface area contributed by atoms with Crippen LogP contribution in [-0.2, 0) is 13.0 Å². The lowest BCUT2D eigenvalue weighted by atomic mass is 9.82. The minimum Gasteiger partial charge on any atom is -0.311 e. The highest BCUT2D eigenvalue weighted by Crippen LogP contribution is 2.34. The van der Waals surface area contributed by atoms with E-state index in [-0.39, 0.29) is 5.56 Å². The normalized spacial score (nSPS) is 27.8. The van der Waals surface area contributed by atoms with Crippen molar-refractivity contribution in [1.82, 2.24) is 15.3 Å². The van der Waals surface area contributed by atoms with E-state index >= 15 is 0 Å². The predicted octanol–water partition coefficient (Wildman–Crippen LogP) is 1.71. The Hall–Kier alpha value is -1.16. The number of nitrogens with zero attached hydrogens (tertiary/aromatic N) is 1. The third-order valence-corrected chi connectivity index (χ3v) is 4.29. The topological polar surface area (TPSA) is 57.8 Å². The Morgan fingerprint density at radius 3 is 3.06 bits per heavy atom. The maximum Gasteiger partial charge on any atom is 0.254 e. The molecule has 98 valence electrons. The molecule has 1 aliphatic heterocycles. The van der Waals surface area contributed by atoms with Crippen LogP contribution in [0.25, 0.3) is 0 Å². The molecule has 2 unspecified atom stereocenters. The van der Waals surface area contributed by atoms with Crippen molar-refractivity contribution in [3.63, 3.8) is 0 Å². The van der Waals surface area contributed by atoms with Crippen LogP contribution in [-0.4, -0.2) is 16.5 Å². The van der Waals surface area contributed by atoms with Crippen molar-refractivity contribution in [1.29, 1.82) is 0 Å². The summed E-state index contributed by atoms with van der Waals surface area (Å²) in [6, 6.07) is 0. The molecule has 1 aromatic rings. The van der Waals surface area contributed by atoms with Crippen LogP contribution < -0.4 is 10.9 Å². The molecule has 0 spiro atoms. The predicted molar refractivity (Wildman–Crippen MR) is 70.6 cm³/mol. The zero-order valence-corrected chi connectivity index (χ0v) is 11.0. The lowest BCUT2D eigenvalue weighted by Crippen LogP contribution is -2.32. The fourth-order valence-electron chi connectivity index (χ4n) is 3.26. The number of aromatic nitrogens is 2. The summed E-state index contributed by atoms with van der Waals surface area (Å²) in [5, 5.41) is 3.29. The SMILES string of the molecule is CC1CCCC(c2nc3c(c(=O)[nH]2)CCNC3)C1. The molecule has 0 saturated heterocycles. The van der Waals surface area contributed by atoms with E-state index in [4.69, 9.17) is 4.98 Å². The molecule has 2 atom stereocenters. The number of aromatic amines is 1. The van der Waals surface area contributed by atoms with Crippen LogP contribution in [0.15, 0.2) is 4.79 Å². The molecule has 0 bridgehead atoms. The fourth-order valence-corrected chi connectivity index (χ4v) is 3.26. The molecule has 1 fully saturated rings. The molecule has 2 heterocycles. The Balaban J connectivity index is 1.93. The molecule has 0 aromatic carbocycles. The van der Waals surface area contributed by atoms with Crippen LogP contribution in [0.4, 0.5) is 0 Å². The number of nitrogens with one attached hydrogen (secondary N) is 2. The van der Waals surface area contributed by atoms with Gasteiger partial charge in [0.25, 0.3) is 5.56 Å². The minimum atomic E-state index is 0.0923. The summed E-state index contributed by atoms with van der Waals surface area (Å²) in [7, 11) is 0. The van der Waals surface area contributed by atoms with Crippen LogP contribution in [0.5, 0.6) is 0 Å². The van der Waals surface area contributed by atoms with E-state index in [1.54, 1.807) is 0 Å². The fraction of sp³-hybridized carbons (Fsp3) is 0.714. The molecular formula is C14H21N3O. The van der Waals surface area contributed by atoms with Crippen molar-refractivity contribution in [2.24, 2.45) is 5.92 Å². The molecular weight excluding hydrogens is 226 g/mol. The molecule has 3 rings (SSSR count). The highest BCUT2D eigenvalue weighted by molar-refractivity contribution is 5.21. The van der Waals surface area contributed by atoms with E-state index in [1.165, 1.54) is 19.3 Å². The number of H-pyrrole nitrogens is 1. The van der Waals surface area contributed by atoms with Gasteiger partial charge < -0.3 is 10.3 Å². The van der Waals surface area contributed by atoms with Gasteiger partial charge in [-0.15, -0.1) is 0 Å². The van der Waals surface area contributed by atoms with E-state index in [9.17, 15) is 4.79 Å². The van der Waals surface area contributed by atoms with E-state index in [2.05, 4.69) is 17.2 Å². The third-order valence-electron chi connectivity index (χ3n) is 4.29. The first-order valence-electron chi connectivity index (χ1n) is 7.06. The maximum absolute atomic E-state index is 12.1. The van der Waals surface area contributed by atoms with Crippen LogP contribution in [0.1, 0.15) is 55.6 Å². The first kappa shape index (κ1) is 11.9. The summed E-state index contributed by atoms with van der Waals surface area (Å²) in [5.74, 6) is 2.13. The average molecular weight is 247 g/mol. The van der Waals surface area contributed by atoms with Gasteiger partial charge in [0.1, 0.15) is 5.82 Å². The van der Waals surface area contributed by atoms with E-state index in [1.807, 2.05) is 0 Å². The maximum atomic E-state index is 12.1. The lowest BCUT2D eigenvalue weighted by molar-refractivity contribution is 0.333. The molecule has 4 nitrogen and oxygen atoms in total. The molecule has 4 heteroatoms. The summed E-state index contributed by atoms with van der Waals surface area (Å²) >= 11 is 0. The number of rotatable bonds is 1. The molecule has 2 N–H and O–H groups in total. The van der Waals surface area contributed by atoms with Gasteiger partial charge in [-0.25, -0.2) is 4.98 Å². The van der Waals surface area contributed by atoms with E-state index in [0.29, 0.717) is 5.92 Å².